The van der Waals surface area contributed by atoms with E-state index in [0.717, 1.165) is 43.1 Å². The van der Waals surface area contributed by atoms with Crippen LogP contribution in [0.4, 0.5) is 0 Å². The van der Waals surface area contributed by atoms with Gasteiger partial charge in [0.25, 0.3) is 0 Å². The second-order valence-electron chi connectivity index (χ2n) is 30.1. The zero-order valence-electron chi connectivity index (χ0n) is 66.2. The van der Waals surface area contributed by atoms with Gasteiger partial charge in [0.1, 0.15) is 69.4 Å². The number of pyridine rings is 2. The Morgan fingerprint density at radius 2 is 1.05 bits per heavy atom. The first kappa shape index (κ1) is 88.8. The summed E-state index contributed by atoms with van der Waals surface area (Å²) in [4.78, 5) is 79.2. The Balaban J connectivity index is 0.000000150. The van der Waals surface area contributed by atoms with Gasteiger partial charge in [-0.3, -0.25) is 29.4 Å². The number of aromatic hydroxyl groups is 5. The summed E-state index contributed by atoms with van der Waals surface area (Å²) >= 11 is 3.66. The number of hydrogen-bond donors (Lipinski definition) is 8. The molecule has 9 heterocycles. The van der Waals surface area contributed by atoms with Gasteiger partial charge in [0, 0.05) is 113 Å². The van der Waals surface area contributed by atoms with Gasteiger partial charge < -0.3 is 80.1 Å². The van der Waals surface area contributed by atoms with Gasteiger partial charge in [-0.15, -0.1) is 31.3 Å². The fraction of sp³-hybridized carbons (Fsp3) is 0.202. The number of aliphatic hydroxyl groups excluding tert-OH is 2. The molecule has 0 saturated carbocycles. The minimum atomic E-state index is -1.37. The number of phenolic OH excluding ortho intramolecular Hbond substituents is 5. The zero-order valence-corrected chi connectivity index (χ0v) is 69.8. The number of carbonyl (C=O) groups is 5. The maximum absolute atomic E-state index is 13.5. The van der Waals surface area contributed by atoms with E-state index in [0.29, 0.717) is 135 Å². The maximum atomic E-state index is 13.5. The van der Waals surface area contributed by atoms with Crippen molar-refractivity contribution in [1.29, 1.82) is 0 Å². The van der Waals surface area contributed by atoms with Gasteiger partial charge in [0.05, 0.1) is 58.9 Å². The molecule has 1 aliphatic carbocycles. The number of hydrogen-bond acceptors (Lipinski definition) is 24. The number of ether oxygens (including phenoxy) is 6. The minimum absolute atomic E-state index is 0. The molecule has 4 atom stereocenters. The Morgan fingerprint density at radius 3 is 1.66 bits per heavy atom. The zero-order chi connectivity index (χ0) is 85.5. The molecule has 3 spiro atoms. The number of rotatable bonds is 15. The Morgan fingerprint density at radius 1 is 0.544 bits per heavy atom. The molecule has 0 bridgehead atoms. The molecule has 8 aliphatic rings. The number of nitrogens with zero attached hydrogens (tertiary/aromatic N) is 8. The van der Waals surface area contributed by atoms with Crippen LogP contribution >= 0.6 is 10.1 Å². The number of esters is 3. The number of ketones is 2. The third-order valence-corrected chi connectivity index (χ3v) is 22.2. The van der Waals surface area contributed by atoms with Crippen molar-refractivity contribution in [3.8, 4) is 57.5 Å². The smallest absolute Gasteiger partial charge is 2.00 e. The molecule has 125 heavy (non-hydrogen) atoms. The fourth-order valence-corrected chi connectivity index (χ4v) is 16.8. The van der Waals surface area contributed by atoms with E-state index in [1.807, 2.05) is 77.7 Å². The van der Waals surface area contributed by atoms with Crippen LogP contribution in [0.3, 0.4) is 0 Å². The van der Waals surface area contributed by atoms with Crippen molar-refractivity contribution in [3.63, 3.8) is 0 Å². The molecule has 2 aromatic heterocycles. The van der Waals surface area contributed by atoms with Crippen molar-refractivity contribution >= 4 is 51.7 Å². The SMILES string of the molecule is O=C(Cc1ccc2c(c1)C(=O)OC21c2ccc(O)cc2OC2C=C(O)C=CC21)CN(Cc1ccccn1)Cc1ccccn1.O=C(Cc1ccc2c(c1)C(=O)OC21c2ccc(O)cc2Oc2cc(O)ccc21)CN1CC[N-]CCNCC[N-]CC1.O=C1OC2(c3ccc(O)cc3Oc3c2ccc(O)c3C=NN=C(O)c2ccccc2)c2ccccc21.[Cl][Cu].[Cu+2].[Cu+2]. The third kappa shape index (κ3) is 18.1. The van der Waals surface area contributed by atoms with Crippen molar-refractivity contribution in [2.75, 3.05) is 65.4 Å². The van der Waals surface area contributed by atoms with E-state index >= 15 is 0 Å². The van der Waals surface area contributed by atoms with E-state index in [1.165, 1.54) is 60.8 Å². The molecule has 1 saturated heterocycles. The maximum Gasteiger partial charge on any atom is 2.00 e. The predicted molar refractivity (Wildman–Crippen MR) is 449 cm³/mol. The van der Waals surface area contributed by atoms with Crippen LogP contribution in [0.25, 0.3) is 10.6 Å². The minimum Gasteiger partial charge on any atom is 2.00 e. The number of halogens is 1. The average molecular weight is 1850 g/mol. The summed E-state index contributed by atoms with van der Waals surface area (Å²) in [6.45, 7) is 7.36. The second-order valence-corrected chi connectivity index (χ2v) is 30.1. The first-order valence-corrected chi connectivity index (χ1v) is 40.7. The van der Waals surface area contributed by atoms with Gasteiger partial charge in [0.15, 0.2) is 28.4 Å². The first-order valence-electron chi connectivity index (χ1n) is 39.4. The van der Waals surface area contributed by atoms with Gasteiger partial charge in [-0.2, -0.15) is 5.10 Å². The molecule has 1 fully saturated rings. The van der Waals surface area contributed by atoms with Crippen LogP contribution in [0, 0.1) is 5.92 Å². The monoisotopic (exact) mass is 1850 g/mol. The summed E-state index contributed by atoms with van der Waals surface area (Å²) in [6, 6.07) is 59.6. The summed E-state index contributed by atoms with van der Waals surface area (Å²) in [5.41, 5.74) is 5.59. The molecule has 19 rings (SSSR count). The van der Waals surface area contributed by atoms with Gasteiger partial charge >= 0.3 is 77.2 Å². The Labute approximate surface area is 751 Å². The molecule has 11 aromatic rings. The number of aliphatic hydroxyl groups is 2. The average Bonchev–Trinajstić information content (AvgIpc) is 1.58. The number of fused-ring (bicyclic) bond motifs is 18. The van der Waals surface area contributed by atoms with Crippen LogP contribution in [0.1, 0.15) is 109 Å². The first-order chi connectivity index (χ1) is 59.8. The topological polar surface area (TPSA) is 380 Å². The van der Waals surface area contributed by atoms with Crippen LogP contribution in [0.5, 0.6) is 57.5 Å². The molecule has 0 amide bonds. The number of carbonyl (C=O) groups excluding carboxylic acids is 5. The van der Waals surface area contributed by atoms with Crippen molar-refractivity contribution in [2.45, 2.75) is 48.8 Å². The van der Waals surface area contributed by atoms with Crippen LogP contribution in [-0.2, 0) is 116 Å². The Hall–Kier alpha value is -12.5. The van der Waals surface area contributed by atoms with E-state index in [2.05, 4.69) is 66.2 Å². The summed E-state index contributed by atoms with van der Waals surface area (Å²) in [7, 11) is 4.20. The number of allylic oxidation sites excluding steroid dienone is 1. The van der Waals surface area contributed by atoms with Crippen LogP contribution in [0.2, 0.25) is 0 Å². The third-order valence-electron chi connectivity index (χ3n) is 22.2. The number of Topliss-reactive ketones (excluding diaryl/α,β-unsaturated/α-hetero) is 2. The quantitative estimate of drug-likeness (QED) is 0.0118. The molecule has 7 aliphatic heterocycles. The van der Waals surface area contributed by atoms with E-state index in [-0.39, 0.29) is 123 Å². The van der Waals surface area contributed by atoms with Gasteiger partial charge in [-0.1, -0.05) is 78.9 Å². The molecule has 9 aromatic carbocycles. The summed E-state index contributed by atoms with van der Waals surface area (Å²) < 4.78 is 36.7. The Bertz CT molecular complexity index is 5950. The summed E-state index contributed by atoms with van der Waals surface area (Å²) in [5, 5.41) is 91.8. The standard InChI is InChI=1S/C35H29N3O6.C31H32N4O6.C28H18N2O6.ClH.3Cu/c39-25-8-11-30-32(17-25)43-33-18-26(40)9-12-31(33)35(30)29-10-7-22(16-28(29)34(42)44-35)15-27(41)21-38(19-23-5-1-3-13-36-23)20-24-6-2-4-14-37-24;36-21-2-5-26-28(17-21)40-29-18-22(37)3-6-27(29)31(26)25-4-1-20(16-24(25)30(39)41-31)15-23(38)19-35-13-11-33-9-7-32-8-10-34-12-14-35;31-17-10-11-21-24(14-17)35-25-19(15-29-30-26(33)16-6-2-1-3-7-16)23(32)13-12-22(25)28(21)20-9-5-4-8-18(20)27(34)36-28;;;;/h1-14,16-18,30,32,39-40H,15,19-21H2;1-6,16-18,32,36-37H,7-15,19H2;1-15,31-32H,(H,30,33);1H;;;/q;-2;;;+1;2*+2/p-1. The molecular formula is C94H79ClCu3N9O18+2. The van der Waals surface area contributed by atoms with Crippen LogP contribution in [0.15, 0.2) is 259 Å². The number of nitrogens with one attached hydrogen (secondary N) is 1. The number of aromatic nitrogens is 2. The van der Waals surface area contributed by atoms with Gasteiger partial charge in [-0.05, 0) is 165 Å². The van der Waals surface area contributed by atoms with E-state index in [9.17, 15) is 59.7 Å². The summed E-state index contributed by atoms with van der Waals surface area (Å²) in [5.74, 6) is -0.968. The normalized spacial score (nSPS) is 18.8. The molecule has 4 unspecified atom stereocenters. The van der Waals surface area contributed by atoms with Crippen molar-refractivity contribution in [3.05, 3.63) is 354 Å². The fourth-order valence-electron chi connectivity index (χ4n) is 16.8. The molecule has 2 radical (unpaired) electrons. The second kappa shape index (κ2) is 38.7. The Kier molecular flexibility index (Phi) is 27.5. The van der Waals surface area contributed by atoms with Gasteiger partial charge in [0.2, 0.25) is 5.90 Å². The van der Waals surface area contributed by atoms with Crippen LogP contribution in [-0.4, -0.2) is 169 Å². The van der Waals surface area contributed by atoms with Crippen molar-refractivity contribution in [2.24, 2.45) is 16.1 Å². The molecular weight excluding hydrogens is 1770 g/mol. The molecule has 27 nitrogen and oxygen atoms in total. The van der Waals surface area contributed by atoms with Crippen LogP contribution < -0.4 is 19.5 Å². The van der Waals surface area contributed by atoms with Gasteiger partial charge in [-0.25, -0.2) is 14.4 Å². The van der Waals surface area contributed by atoms with E-state index in [1.54, 1.807) is 116 Å². The van der Waals surface area contributed by atoms with Crippen molar-refractivity contribution in [1.82, 2.24) is 25.1 Å². The number of phenols is 5. The van der Waals surface area contributed by atoms with E-state index in [4.69, 9.17) is 28.4 Å². The van der Waals surface area contributed by atoms with Crippen molar-refractivity contribution < 1.29 is 137 Å². The molecule has 8 N–H and O–H groups in total. The largest absolute Gasteiger partial charge is 2.00 e. The molecule has 646 valence electrons. The summed E-state index contributed by atoms with van der Waals surface area (Å²) in [6.07, 6.45) is 9.32. The van der Waals surface area contributed by atoms with E-state index < -0.39 is 46.7 Å². The predicted octanol–water partition coefficient (Wildman–Crippen LogP) is 13.9. The molecule has 31 heteroatoms. The number of benzene rings is 9.